The van der Waals surface area contributed by atoms with E-state index in [-0.39, 0.29) is 0 Å². The van der Waals surface area contributed by atoms with Crippen molar-refractivity contribution in [2.75, 3.05) is 0 Å². The van der Waals surface area contributed by atoms with E-state index in [0.29, 0.717) is 0 Å². The molecule has 1 aromatic heterocycles. The van der Waals surface area contributed by atoms with Gasteiger partial charge in [-0.15, -0.1) is 0 Å². The van der Waals surface area contributed by atoms with Crippen molar-refractivity contribution in [1.82, 2.24) is 4.98 Å². The molecule has 0 aliphatic heterocycles. The van der Waals surface area contributed by atoms with Crippen molar-refractivity contribution < 1.29 is 0 Å². The molecule has 20 heavy (non-hydrogen) atoms. The zero-order chi connectivity index (χ0) is 13.9. The number of para-hydroxylation sites is 1. The van der Waals surface area contributed by atoms with E-state index in [1.165, 1.54) is 34.1 Å². The van der Waals surface area contributed by atoms with Crippen molar-refractivity contribution in [2.24, 2.45) is 5.92 Å². The minimum atomic E-state index is 0.729. The number of aromatic amines is 1. The zero-order valence-electron chi connectivity index (χ0n) is 12.2. The molecule has 0 bridgehead atoms. The molecule has 102 valence electrons. The molecule has 0 aliphatic carbocycles. The molecule has 2 aromatic carbocycles. The van der Waals surface area contributed by atoms with Gasteiger partial charge in [0, 0.05) is 16.6 Å². The number of fused-ring (bicyclic) bond motifs is 1. The summed E-state index contributed by atoms with van der Waals surface area (Å²) in [5.74, 6) is 0.729. The number of aromatic nitrogens is 1. The largest absolute Gasteiger partial charge is 0.354 e. The van der Waals surface area contributed by atoms with Crippen LogP contribution in [0.15, 0.2) is 54.6 Å². The number of aryl methyl sites for hydroxylation is 1. The zero-order valence-corrected chi connectivity index (χ0v) is 12.2. The fraction of sp³-hybridized carbons (Fsp3) is 0.263. The first kappa shape index (κ1) is 13.0. The topological polar surface area (TPSA) is 15.8 Å². The van der Waals surface area contributed by atoms with Gasteiger partial charge in [-0.05, 0) is 36.0 Å². The first-order valence-electron chi connectivity index (χ1n) is 7.40. The van der Waals surface area contributed by atoms with E-state index in [0.717, 1.165) is 12.3 Å². The van der Waals surface area contributed by atoms with Crippen LogP contribution >= 0.6 is 0 Å². The van der Waals surface area contributed by atoms with Crippen LogP contribution in [0.3, 0.4) is 0 Å². The predicted octanol–water partition coefficient (Wildman–Crippen LogP) is 5.42. The fourth-order valence-corrected chi connectivity index (χ4v) is 2.74. The first-order valence-corrected chi connectivity index (χ1v) is 7.40. The Hall–Kier alpha value is -2.02. The van der Waals surface area contributed by atoms with Crippen molar-refractivity contribution in [2.45, 2.75) is 26.7 Å². The van der Waals surface area contributed by atoms with Crippen LogP contribution in [0.25, 0.3) is 22.2 Å². The Morgan fingerprint density at radius 1 is 0.900 bits per heavy atom. The summed E-state index contributed by atoms with van der Waals surface area (Å²) >= 11 is 0. The molecule has 0 spiro atoms. The van der Waals surface area contributed by atoms with Crippen molar-refractivity contribution in [3.05, 3.63) is 60.2 Å². The summed E-state index contributed by atoms with van der Waals surface area (Å²) in [6, 6.07) is 19.3. The van der Waals surface area contributed by atoms with Crippen LogP contribution in [0.5, 0.6) is 0 Å². The Bertz CT molecular complexity index is 692. The van der Waals surface area contributed by atoms with Crippen LogP contribution in [0.2, 0.25) is 0 Å². The molecule has 0 radical (unpaired) electrons. The van der Waals surface area contributed by atoms with Gasteiger partial charge in [0.2, 0.25) is 0 Å². The molecule has 0 saturated carbocycles. The van der Waals surface area contributed by atoms with Gasteiger partial charge in [0.25, 0.3) is 0 Å². The molecular formula is C19H21N. The van der Waals surface area contributed by atoms with Gasteiger partial charge in [-0.1, -0.05) is 62.4 Å². The molecule has 0 atom stereocenters. The SMILES string of the molecule is CC(C)CCc1c(-c2ccccc2)[nH]c2ccccc12. The molecule has 0 amide bonds. The van der Waals surface area contributed by atoms with E-state index in [1.807, 2.05) is 0 Å². The Morgan fingerprint density at radius 3 is 2.35 bits per heavy atom. The fourth-order valence-electron chi connectivity index (χ4n) is 2.74. The van der Waals surface area contributed by atoms with E-state index in [1.54, 1.807) is 0 Å². The number of benzene rings is 2. The Morgan fingerprint density at radius 2 is 1.60 bits per heavy atom. The van der Waals surface area contributed by atoms with Gasteiger partial charge in [-0.3, -0.25) is 0 Å². The third kappa shape index (κ3) is 2.49. The highest BCUT2D eigenvalue weighted by Crippen LogP contribution is 2.31. The summed E-state index contributed by atoms with van der Waals surface area (Å²) in [6.45, 7) is 4.58. The standard InChI is InChI=1S/C19H21N/c1-14(2)12-13-17-16-10-6-7-11-18(16)20-19(17)15-8-4-3-5-9-15/h3-11,14,20H,12-13H2,1-2H3. The molecule has 0 saturated heterocycles. The third-order valence-corrected chi connectivity index (χ3v) is 3.85. The number of hydrogen-bond donors (Lipinski definition) is 1. The highest BCUT2D eigenvalue weighted by Gasteiger charge is 2.12. The van der Waals surface area contributed by atoms with Crippen LogP contribution in [0, 0.1) is 5.92 Å². The van der Waals surface area contributed by atoms with E-state index < -0.39 is 0 Å². The number of hydrogen-bond acceptors (Lipinski definition) is 0. The summed E-state index contributed by atoms with van der Waals surface area (Å²) < 4.78 is 0. The number of nitrogens with one attached hydrogen (secondary N) is 1. The lowest BCUT2D eigenvalue weighted by Gasteiger charge is -2.07. The maximum absolute atomic E-state index is 3.60. The monoisotopic (exact) mass is 263 g/mol. The van der Waals surface area contributed by atoms with Crippen molar-refractivity contribution in [3.8, 4) is 11.3 Å². The van der Waals surface area contributed by atoms with Crippen molar-refractivity contribution in [3.63, 3.8) is 0 Å². The smallest absolute Gasteiger partial charge is 0.0497 e. The van der Waals surface area contributed by atoms with E-state index in [9.17, 15) is 0 Å². The van der Waals surface area contributed by atoms with E-state index in [4.69, 9.17) is 0 Å². The third-order valence-electron chi connectivity index (χ3n) is 3.85. The minimum Gasteiger partial charge on any atom is -0.354 e. The van der Waals surface area contributed by atoms with Crippen LogP contribution in [-0.4, -0.2) is 4.98 Å². The lowest BCUT2D eigenvalue weighted by molar-refractivity contribution is 0.588. The van der Waals surface area contributed by atoms with E-state index >= 15 is 0 Å². The van der Waals surface area contributed by atoms with E-state index in [2.05, 4.69) is 73.4 Å². The van der Waals surface area contributed by atoms with Gasteiger partial charge < -0.3 is 4.98 Å². The lowest BCUT2D eigenvalue weighted by atomic mass is 9.97. The maximum atomic E-state index is 3.60. The van der Waals surface area contributed by atoms with Gasteiger partial charge in [-0.2, -0.15) is 0 Å². The highest BCUT2D eigenvalue weighted by molar-refractivity contribution is 5.90. The van der Waals surface area contributed by atoms with Gasteiger partial charge >= 0.3 is 0 Å². The number of rotatable bonds is 4. The molecule has 3 rings (SSSR count). The molecule has 1 heterocycles. The highest BCUT2D eigenvalue weighted by atomic mass is 14.7. The van der Waals surface area contributed by atoms with Crippen molar-refractivity contribution in [1.29, 1.82) is 0 Å². The Balaban J connectivity index is 2.12. The molecule has 1 heteroatoms. The van der Waals surface area contributed by atoms with Crippen LogP contribution < -0.4 is 0 Å². The maximum Gasteiger partial charge on any atom is 0.0497 e. The minimum absolute atomic E-state index is 0.729. The Kier molecular flexibility index (Phi) is 3.60. The van der Waals surface area contributed by atoms with Gasteiger partial charge in [-0.25, -0.2) is 0 Å². The second kappa shape index (κ2) is 5.54. The van der Waals surface area contributed by atoms with Crippen LogP contribution in [-0.2, 0) is 6.42 Å². The molecule has 0 unspecified atom stereocenters. The van der Waals surface area contributed by atoms with Gasteiger partial charge in [0.1, 0.15) is 0 Å². The van der Waals surface area contributed by atoms with Crippen LogP contribution in [0.1, 0.15) is 25.8 Å². The summed E-state index contributed by atoms with van der Waals surface area (Å²) in [5.41, 5.74) is 5.26. The summed E-state index contributed by atoms with van der Waals surface area (Å²) in [6.07, 6.45) is 2.35. The lowest BCUT2D eigenvalue weighted by Crippen LogP contribution is -1.93. The average Bonchev–Trinajstić information content (AvgIpc) is 2.84. The first-order chi connectivity index (χ1) is 9.75. The molecule has 1 nitrogen and oxygen atoms in total. The molecule has 0 fully saturated rings. The number of H-pyrrole nitrogens is 1. The molecular weight excluding hydrogens is 242 g/mol. The molecule has 1 N–H and O–H groups in total. The van der Waals surface area contributed by atoms with Crippen molar-refractivity contribution >= 4 is 10.9 Å². The molecule has 0 aliphatic rings. The predicted molar refractivity (Wildman–Crippen MR) is 86.9 cm³/mol. The second-order valence-electron chi connectivity index (χ2n) is 5.82. The summed E-state index contributed by atoms with van der Waals surface area (Å²) in [4.78, 5) is 3.60. The summed E-state index contributed by atoms with van der Waals surface area (Å²) in [5, 5.41) is 1.37. The second-order valence-corrected chi connectivity index (χ2v) is 5.82. The quantitative estimate of drug-likeness (QED) is 0.646. The van der Waals surface area contributed by atoms with Gasteiger partial charge in [0.05, 0.1) is 0 Å². The normalized spacial score (nSPS) is 11.3. The van der Waals surface area contributed by atoms with Crippen LogP contribution in [0.4, 0.5) is 0 Å². The van der Waals surface area contributed by atoms with Gasteiger partial charge in [0.15, 0.2) is 0 Å². The Labute approximate surface area is 120 Å². The average molecular weight is 263 g/mol. The molecule has 3 aromatic rings. The summed E-state index contributed by atoms with van der Waals surface area (Å²) in [7, 11) is 0.